The molecule has 0 saturated heterocycles. The van der Waals surface area contributed by atoms with Crippen LogP contribution in [0.5, 0.6) is 0 Å². The second-order valence-electron chi connectivity index (χ2n) is 3.33. The first kappa shape index (κ1) is 12.9. The largest absolute Gasteiger partial charge is 0.377 e. The quantitative estimate of drug-likeness (QED) is 0.515. The molecule has 2 unspecified atom stereocenters. The fourth-order valence-electron chi connectivity index (χ4n) is 1.14. The summed E-state index contributed by atoms with van der Waals surface area (Å²) in [6.07, 6.45) is 5.32. The summed E-state index contributed by atoms with van der Waals surface area (Å²) in [7, 11) is 1.73. The van der Waals surface area contributed by atoms with Crippen molar-refractivity contribution in [3.63, 3.8) is 0 Å². The first-order chi connectivity index (χ1) is 6.15. The first-order valence-electron chi connectivity index (χ1n) is 4.52. The van der Waals surface area contributed by atoms with Gasteiger partial charge in [-0.1, -0.05) is 40.6 Å². The molecular weight excluding hydrogens is 228 g/mol. The predicted octanol–water partition coefficient (Wildman–Crippen LogP) is 3.55. The van der Waals surface area contributed by atoms with E-state index >= 15 is 0 Å². The van der Waals surface area contributed by atoms with Crippen molar-refractivity contribution >= 4 is 15.9 Å². The van der Waals surface area contributed by atoms with Crippen LogP contribution in [0.1, 0.15) is 20.3 Å². The van der Waals surface area contributed by atoms with E-state index in [9.17, 15) is 0 Å². The summed E-state index contributed by atoms with van der Waals surface area (Å²) in [5.74, 6) is 0.497. The lowest BCUT2D eigenvalue weighted by Gasteiger charge is -2.17. The summed E-state index contributed by atoms with van der Waals surface area (Å²) in [5, 5.41) is 0.950. The zero-order valence-corrected chi connectivity index (χ0v) is 10.3. The summed E-state index contributed by atoms with van der Waals surface area (Å²) in [6.45, 7) is 8.04. The Kier molecular flexibility index (Phi) is 7.29. The van der Waals surface area contributed by atoms with E-state index < -0.39 is 0 Å². The van der Waals surface area contributed by atoms with E-state index in [-0.39, 0.29) is 6.10 Å². The standard InChI is InChI=1S/C11H19BrO/c1-5-11(13-4)10(3)7-6-9(2)8-12/h5-6,10-11H,1,7-8H2,2-4H3/b9-6-. The monoisotopic (exact) mass is 246 g/mol. The predicted molar refractivity (Wildman–Crippen MR) is 62.3 cm³/mol. The van der Waals surface area contributed by atoms with E-state index in [1.807, 2.05) is 6.08 Å². The van der Waals surface area contributed by atoms with E-state index in [1.54, 1.807) is 7.11 Å². The normalized spacial score (nSPS) is 16.8. The van der Waals surface area contributed by atoms with Crippen molar-refractivity contribution in [2.24, 2.45) is 5.92 Å². The lowest BCUT2D eigenvalue weighted by molar-refractivity contribution is 0.0977. The number of rotatable bonds is 6. The van der Waals surface area contributed by atoms with Crippen LogP contribution in [0.2, 0.25) is 0 Å². The minimum Gasteiger partial charge on any atom is -0.377 e. The van der Waals surface area contributed by atoms with Crippen molar-refractivity contribution in [2.75, 3.05) is 12.4 Å². The molecule has 0 aliphatic rings. The van der Waals surface area contributed by atoms with E-state index in [4.69, 9.17) is 4.74 Å². The van der Waals surface area contributed by atoms with Crippen LogP contribution in [-0.2, 0) is 4.74 Å². The molecule has 0 N–H and O–H groups in total. The van der Waals surface area contributed by atoms with Crippen molar-refractivity contribution in [2.45, 2.75) is 26.4 Å². The Morgan fingerprint density at radius 3 is 2.62 bits per heavy atom. The van der Waals surface area contributed by atoms with E-state index in [2.05, 4.69) is 42.4 Å². The molecule has 0 aromatic heterocycles. The van der Waals surface area contributed by atoms with Gasteiger partial charge in [0.15, 0.2) is 0 Å². The van der Waals surface area contributed by atoms with Gasteiger partial charge in [0.2, 0.25) is 0 Å². The van der Waals surface area contributed by atoms with Crippen LogP contribution in [0.4, 0.5) is 0 Å². The van der Waals surface area contributed by atoms with Crippen LogP contribution in [0.15, 0.2) is 24.3 Å². The summed E-state index contributed by atoms with van der Waals surface area (Å²) in [5.41, 5.74) is 1.37. The molecule has 0 amide bonds. The molecule has 0 bridgehead atoms. The van der Waals surface area contributed by atoms with Crippen LogP contribution >= 0.6 is 15.9 Å². The molecule has 0 aliphatic heterocycles. The summed E-state index contributed by atoms with van der Waals surface area (Å²) in [4.78, 5) is 0. The molecule has 2 atom stereocenters. The van der Waals surface area contributed by atoms with Crippen LogP contribution in [-0.4, -0.2) is 18.5 Å². The van der Waals surface area contributed by atoms with Gasteiger partial charge in [-0.25, -0.2) is 0 Å². The third-order valence-corrected chi connectivity index (χ3v) is 3.00. The number of hydrogen-bond donors (Lipinski definition) is 0. The Morgan fingerprint density at radius 1 is 1.62 bits per heavy atom. The Bertz CT molecular complexity index is 175. The second kappa shape index (κ2) is 7.34. The molecule has 76 valence electrons. The zero-order valence-electron chi connectivity index (χ0n) is 8.72. The molecule has 1 nitrogen and oxygen atoms in total. The number of methoxy groups -OCH3 is 1. The van der Waals surface area contributed by atoms with Gasteiger partial charge in [0, 0.05) is 12.4 Å². The maximum atomic E-state index is 5.27. The highest BCUT2D eigenvalue weighted by molar-refractivity contribution is 9.09. The van der Waals surface area contributed by atoms with Gasteiger partial charge in [0.05, 0.1) is 6.10 Å². The summed E-state index contributed by atoms with van der Waals surface area (Å²) < 4.78 is 5.27. The number of ether oxygens (including phenoxy) is 1. The van der Waals surface area contributed by atoms with Gasteiger partial charge >= 0.3 is 0 Å². The average molecular weight is 247 g/mol. The second-order valence-corrected chi connectivity index (χ2v) is 3.89. The van der Waals surface area contributed by atoms with Crippen LogP contribution in [0.3, 0.4) is 0 Å². The highest BCUT2D eigenvalue weighted by Gasteiger charge is 2.10. The zero-order chi connectivity index (χ0) is 10.3. The van der Waals surface area contributed by atoms with Gasteiger partial charge in [-0.15, -0.1) is 6.58 Å². The first-order valence-corrected chi connectivity index (χ1v) is 5.64. The molecule has 13 heavy (non-hydrogen) atoms. The molecule has 0 fully saturated rings. The van der Waals surface area contributed by atoms with E-state index in [0.29, 0.717) is 5.92 Å². The fourth-order valence-corrected chi connectivity index (χ4v) is 1.37. The number of halogens is 1. The maximum Gasteiger partial charge on any atom is 0.0777 e. The van der Waals surface area contributed by atoms with Gasteiger partial charge in [0.25, 0.3) is 0 Å². The van der Waals surface area contributed by atoms with Gasteiger partial charge in [0.1, 0.15) is 0 Å². The van der Waals surface area contributed by atoms with Crippen molar-refractivity contribution < 1.29 is 4.74 Å². The smallest absolute Gasteiger partial charge is 0.0777 e. The van der Waals surface area contributed by atoms with Crippen molar-refractivity contribution in [3.05, 3.63) is 24.3 Å². The molecule has 0 aliphatic carbocycles. The topological polar surface area (TPSA) is 9.23 Å². The summed E-state index contributed by atoms with van der Waals surface area (Å²) in [6, 6.07) is 0. The summed E-state index contributed by atoms with van der Waals surface area (Å²) >= 11 is 3.42. The van der Waals surface area contributed by atoms with E-state index in [0.717, 1.165) is 11.8 Å². The van der Waals surface area contributed by atoms with Crippen LogP contribution in [0, 0.1) is 5.92 Å². The Balaban J connectivity index is 3.98. The van der Waals surface area contributed by atoms with E-state index in [1.165, 1.54) is 5.57 Å². The molecule has 2 heteroatoms. The van der Waals surface area contributed by atoms with Crippen molar-refractivity contribution in [1.29, 1.82) is 0 Å². The fraction of sp³-hybridized carbons (Fsp3) is 0.636. The molecular formula is C11H19BrO. The minimum atomic E-state index is 0.166. The van der Waals surface area contributed by atoms with Crippen LogP contribution in [0.25, 0.3) is 0 Å². The van der Waals surface area contributed by atoms with Crippen molar-refractivity contribution in [3.8, 4) is 0 Å². The molecule has 0 saturated carbocycles. The minimum absolute atomic E-state index is 0.166. The highest BCUT2D eigenvalue weighted by Crippen LogP contribution is 2.14. The molecule has 0 aromatic carbocycles. The molecule has 0 heterocycles. The molecule has 0 rings (SSSR count). The average Bonchev–Trinajstić information content (AvgIpc) is 2.16. The number of allylic oxidation sites excluding steroid dienone is 2. The Labute approximate surface area is 90.0 Å². The van der Waals surface area contributed by atoms with Gasteiger partial charge < -0.3 is 4.74 Å². The lowest BCUT2D eigenvalue weighted by atomic mass is 10.00. The highest BCUT2D eigenvalue weighted by atomic mass is 79.9. The Hall–Kier alpha value is -0.0800. The number of hydrogen-bond acceptors (Lipinski definition) is 1. The SMILES string of the molecule is C=CC(OC)C(C)C/C=C(/C)CBr. The van der Waals surface area contributed by atoms with Crippen molar-refractivity contribution in [1.82, 2.24) is 0 Å². The molecule has 0 radical (unpaired) electrons. The molecule has 0 spiro atoms. The van der Waals surface area contributed by atoms with Gasteiger partial charge in [-0.05, 0) is 19.3 Å². The number of alkyl halides is 1. The third-order valence-electron chi connectivity index (χ3n) is 2.11. The van der Waals surface area contributed by atoms with Gasteiger partial charge in [-0.2, -0.15) is 0 Å². The molecule has 0 aromatic rings. The Morgan fingerprint density at radius 2 is 2.23 bits per heavy atom. The lowest BCUT2D eigenvalue weighted by Crippen LogP contribution is -2.16. The van der Waals surface area contributed by atoms with Crippen LogP contribution < -0.4 is 0 Å². The third kappa shape index (κ3) is 5.27. The van der Waals surface area contributed by atoms with Gasteiger partial charge in [-0.3, -0.25) is 0 Å². The maximum absolute atomic E-state index is 5.27.